The van der Waals surface area contributed by atoms with Gasteiger partial charge in [0.1, 0.15) is 5.75 Å². The third-order valence-electron chi connectivity index (χ3n) is 6.85. The van der Waals surface area contributed by atoms with E-state index < -0.39 is 0 Å². The average molecular weight is 494 g/mol. The first-order valence-corrected chi connectivity index (χ1v) is 13.1. The number of fused-ring (bicyclic) bond motifs is 2. The lowest BCUT2D eigenvalue weighted by molar-refractivity contribution is 0.0273. The number of hydroxylamine groups is 1. The molecule has 0 aliphatic heterocycles. The van der Waals surface area contributed by atoms with Crippen molar-refractivity contribution < 1.29 is 4.84 Å². The summed E-state index contributed by atoms with van der Waals surface area (Å²) in [6, 6.07) is 29.2. The first kappa shape index (κ1) is 24.1. The zero-order chi connectivity index (χ0) is 25.9. The van der Waals surface area contributed by atoms with Crippen molar-refractivity contribution in [3.8, 4) is 5.75 Å². The topological polar surface area (TPSA) is 38.2 Å². The predicted octanol–water partition coefficient (Wildman–Crippen LogP) is 6.87. The van der Waals surface area contributed by atoms with E-state index in [2.05, 4.69) is 85.0 Å². The Bertz CT molecular complexity index is 1590. The summed E-state index contributed by atoms with van der Waals surface area (Å²) < 4.78 is 0. The molecule has 0 unspecified atom stereocenters. The zero-order valence-electron chi connectivity index (χ0n) is 21.8. The number of hydrogen-bond acceptors (Lipinski definition) is 4. The van der Waals surface area contributed by atoms with Crippen LogP contribution < -0.4 is 10.3 Å². The second-order valence-corrected chi connectivity index (χ2v) is 9.77. The zero-order valence-corrected chi connectivity index (χ0v) is 21.8. The highest BCUT2D eigenvalue weighted by Crippen LogP contribution is 2.25. The SMILES string of the molecule is Cc1ccc2cccc([B]N(Cc3cccc4ccc(C)nc34)Oc3ccc(C4=CCCC=C4)cc3)c2n1. The molecule has 2 heterocycles. The van der Waals surface area contributed by atoms with Crippen LogP contribution in [0.2, 0.25) is 0 Å². The highest BCUT2D eigenvalue weighted by atomic mass is 16.7. The van der Waals surface area contributed by atoms with Crippen LogP contribution in [0, 0.1) is 13.8 Å². The Morgan fingerprint density at radius 2 is 1.47 bits per heavy atom. The van der Waals surface area contributed by atoms with Crippen LogP contribution in [-0.2, 0) is 6.54 Å². The Balaban J connectivity index is 1.34. The summed E-state index contributed by atoms with van der Waals surface area (Å²) in [5.74, 6) is 0.777. The molecule has 185 valence electrons. The molecule has 0 amide bonds. The molecule has 5 heteroatoms. The Labute approximate surface area is 224 Å². The molecule has 1 radical (unpaired) electrons. The van der Waals surface area contributed by atoms with Crippen molar-refractivity contribution in [3.63, 3.8) is 0 Å². The molecular weight excluding hydrogens is 465 g/mol. The summed E-state index contributed by atoms with van der Waals surface area (Å²) in [7, 11) is 2.05. The Morgan fingerprint density at radius 3 is 2.21 bits per heavy atom. The van der Waals surface area contributed by atoms with Crippen molar-refractivity contribution in [1.29, 1.82) is 0 Å². The third kappa shape index (κ3) is 5.24. The van der Waals surface area contributed by atoms with E-state index >= 15 is 0 Å². The summed E-state index contributed by atoms with van der Waals surface area (Å²) in [4.78, 5) is 18.1. The molecule has 0 spiro atoms. The van der Waals surface area contributed by atoms with Crippen LogP contribution in [0.4, 0.5) is 0 Å². The van der Waals surface area contributed by atoms with Crippen molar-refractivity contribution >= 4 is 40.3 Å². The van der Waals surface area contributed by atoms with Crippen molar-refractivity contribution in [2.75, 3.05) is 0 Å². The van der Waals surface area contributed by atoms with Crippen LogP contribution in [0.1, 0.15) is 35.4 Å². The smallest absolute Gasteiger partial charge is 0.302 e. The van der Waals surface area contributed by atoms with Gasteiger partial charge in [0.25, 0.3) is 0 Å². The van der Waals surface area contributed by atoms with E-state index in [-0.39, 0.29) is 0 Å². The van der Waals surface area contributed by atoms with Crippen LogP contribution in [-0.4, -0.2) is 22.4 Å². The Kier molecular flexibility index (Phi) is 6.76. The van der Waals surface area contributed by atoms with Gasteiger partial charge in [-0.2, -0.15) is 4.97 Å². The van der Waals surface area contributed by atoms with Crippen molar-refractivity contribution in [2.45, 2.75) is 33.2 Å². The lowest BCUT2D eigenvalue weighted by Gasteiger charge is -2.24. The number of para-hydroxylation sites is 2. The fraction of sp³-hybridized carbons (Fsp3) is 0.152. The van der Waals surface area contributed by atoms with E-state index in [4.69, 9.17) is 14.8 Å². The van der Waals surface area contributed by atoms with Gasteiger partial charge in [-0.15, -0.1) is 0 Å². The molecular formula is C33H29BN3O. The van der Waals surface area contributed by atoms with Crippen molar-refractivity contribution in [3.05, 3.63) is 126 Å². The van der Waals surface area contributed by atoms with E-state index in [1.165, 1.54) is 11.1 Å². The van der Waals surface area contributed by atoms with Gasteiger partial charge in [-0.05, 0) is 78.5 Å². The third-order valence-corrected chi connectivity index (χ3v) is 6.85. The molecule has 0 saturated heterocycles. The largest absolute Gasteiger partial charge is 0.418 e. The maximum absolute atomic E-state index is 6.51. The van der Waals surface area contributed by atoms with Crippen molar-refractivity contribution in [2.24, 2.45) is 0 Å². The molecule has 6 rings (SSSR count). The van der Waals surface area contributed by atoms with E-state index in [0.29, 0.717) is 6.54 Å². The lowest BCUT2D eigenvalue weighted by atomic mass is 9.80. The number of benzene rings is 3. The molecule has 2 aromatic heterocycles. The van der Waals surface area contributed by atoms with E-state index in [0.717, 1.165) is 62.8 Å². The monoisotopic (exact) mass is 494 g/mol. The number of aryl methyl sites for hydroxylation is 2. The van der Waals surface area contributed by atoms with Gasteiger partial charge in [0.05, 0.1) is 11.0 Å². The van der Waals surface area contributed by atoms with E-state index in [9.17, 15) is 0 Å². The van der Waals surface area contributed by atoms with Crippen LogP contribution in [0.25, 0.3) is 27.4 Å². The number of pyridine rings is 2. The summed E-state index contributed by atoms with van der Waals surface area (Å²) in [6.07, 6.45) is 8.92. The molecule has 0 atom stereocenters. The number of hydrogen-bond donors (Lipinski definition) is 0. The Hall–Kier alpha value is -4.22. The predicted molar refractivity (Wildman–Crippen MR) is 157 cm³/mol. The summed E-state index contributed by atoms with van der Waals surface area (Å²) in [5, 5.41) is 2.22. The van der Waals surface area contributed by atoms with Gasteiger partial charge in [0.15, 0.2) is 0 Å². The van der Waals surface area contributed by atoms with Crippen LogP contribution >= 0.6 is 0 Å². The molecule has 3 aromatic carbocycles. The minimum absolute atomic E-state index is 0.533. The van der Waals surface area contributed by atoms with Gasteiger partial charge in [0.2, 0.25) is 0 Å². The second-order valence-electron chi connectivity index (χ2n) is 9.77. The molecule has 1 aliphatic carbocycles. The number of aromatic nitrogens is 2. The summed E-state index contributed by atoms with van der Waals surface area (Å²) in [5.41, 5.74) is 8.50. The quantitative estimate of drug-likeness (QED) is 0.183. The van der Waals surface area contributed by atoms with Crippen LogP contribution in [0.5, 0.6) is 5.75 Å². The van der Waals surface area contributed by atoms with E-state index in [1.807, 2.05) is 44.4 Å². The number of nitrogens with zero attached hydrogens (tertiary/aromatic N) is 3. The Morgan fingerprint density at radius 1 is 0.763 bits per heavy atom. The lowest BCUT2D eigenvalue weighted by Crippen LogP contribution is -2.38. The first-order valence-electron chi connectivity index (χ1n) is 13.1. The van der Waals surface area contributed by atoms with Gasteiger partial charge in [-0.25, -0.2) is 0 Å². The highest BCUT2D eigenvalue weighted by Gasteiger charge is 2.17. The van der Waals surface area contributed by atoms with Gasteiger partial charge >= 0.3 is 7.41 Å². The average Bonchev–Trinajstić information content (AvgIpc) is 2.94. The molecule has 4 nitrogen and oxygen atoms in total. The minimum atomic E-state index is 0.533. The van der Waals surface area contributed by atoms with Crippen molar-refractivity contribution in [1.82, 2.24) is 14.9 Å². The van der Waals surface area contributed by atoms with Gasteiger partial charge < -0.3 is 4.84 Å². The molecule has 0 bridgehead atoms. The molecule has 5 aromatic rings. The fourth-order valence-electron chi connectivity index (χ4n) is 4.90. The number of allylic oxidation sites excluding steroid dienone is 4. The van der Waals surface area contributed by atoms with E-state index in [1.54, 1.807) is 0 Å². The first-order chi connectivity index (χ1) is 18.6. The molecule has 0 N–H and O–H groups in total. The highest BCUT2D eigenvalue weighted by molar-refractivity contribution is 6.53. The summed E-state index contributed by atoms with van der Waals surface area (Å²) in [6.45, 7) is 4.58. The van der Waals surface area contributed by atoms with Gasteiger partial charge in [-0.3, -0.25) is 9.97 Å². The molecule has 0 fully saturated rings. The van der Waals surface area contributed by atoms with Crippen LogP contribution in [0.3, 0.4) is 0 Å². The standard InChI is InChI=1S/C33H29BN3O/c1-23-14-16-27-10-6-12-29(32(27)35-23)22-37(34-31-13-7-11-28-17-15-24(2)36-33(28)31)38-30-20-18-26(19-21-30)25-8-4-3-5-9-25/h4,6-21H,3,5,22H2,1-2H3. The molecule has 0 saturated carbocycles. The normalized spacial score (nSPS) is 13.2. The molecule has 1 aliphatic rings. The van der Waals surface area contributed by atoms with Gasteiger partial charge in [0, 0.05) is 23.3 Å². The number of rotatable bonds is 7. The molecule has 38 heavy (non-hydrogen) atoms. The van der Waals surface area contributed by atoms with Gasteiger partial charge in [-0.1, -0.05) is 78.9 Å². The second kappa shape index (κ2) is 10.6. The maximum atomic E-state index is 6.51. The summed E-state index contributed by atoms with van der Waals surface area (Å²) >= 11 is 0. The van der Waals surface area contributed by atoms with Crippen LogP contribution in [0.15, 0.2) is 103 Å². The fourth-order valence-corrected chi connectivity index (χ4v) is 4.90. The minimum Gasteiger partial charge on any atom is -0.418 e. The maximum Gasteiger partial charge on any atom is 0.302 e.